The lowest BCUT2D eigenvalue weighted by Gasteiger charge is -2.53. The van der Waals surface area contributed by atoms with Crippen LogP contribution in [0.4, 0.5) is 0 Å². The van der Waals surface area contributed by atoms with E-state index in [4.69, 9.17) is 10.5 Å². The van der Waals surface area contributed by atoms with E-state index < -0.39 is 0 Å². The lowest BCUT2D eigenvalue weighted by molar-refractivity contribution is -0.108. The first-order valence-corrected chi connectivity index (χ1v) is 7.08. The zero-order valence-electron chi connectivity index (χ0n) is 12.1. The van der Waals surface area contributed by atoms with Gasteiger partial charge in [0.05, 0.1) is 13.2 Å². The molecule has 0 bridgehead atoms. The van der Waals surface area contributed by atoms with Crippen LogP contribution in [0.1, 0.15) is 53.4 Å². The van der Waals surface area contributed by atoms with Crippen molar-refractivity contribution >= 4 is 0 Å². The molecule has 1 unspecified atom stereocenters. The minimum absolute atomic E-state index is 0.112. The van der Waals surface area contributed by atoms with E-state index in [1.54, 1.807) is 0 Å². The summed E-state index contributed by atoms with van der Waals surface area (Å²) in [5.41, 5.74) is 6.41. The molecule has 3 heteroatoms. The number of nitrogens with two attached hydrogens (primary N) is 1. The molecule has 1 saturated heterocycles. The van der Waals surface area contributed by atoms with Gasteiger partial charge >= 0.3 is 0 Å². The van der Waals surface area contributed by atoms with Gasteiger partial charge in [-0.05, 0) is 26.7 Å². The van der Waals surface area contributed by atoms with Gasteiger partial charge in [-0.15, -0.1) is 0 Å². The topological polar surface area (TPSA) is 38.5 Å². The predicted molar refractivity (Wildman–Crippen MR) is 73.2 cm³/mol. The van der Waals surface area contributed by atoms with Crippen LogP contribution < -0.4 is 5.73 Å². The quantitative estimate of drug-likeness (QED) is 0.777. The standard InChI is InChI=1S/C14H30N2O/c1-5-7-8-14(6-2,11-15)16-9-10-17-12-13(16,3)4/h5-12,15H2,1-4H3. The normalized spacial score (nSPS) is 24.5. The summed E-state index contributed by atoms with van der Waals surface area (Å²) < 4.78 is 5.62. The third kappa shape index (κ3) is 3.21. The smallest absolute Gasteiger partial charge is 0.0645 e. The highest BCUT2D eigenvalue weighted by Crippen LogP contribution is 2.33. The van der Waals surface area contributed by atoms with E-state index >= 15 is 0 Å². The molecule has 0 spiro atoms. The Morgan fingerprint density at radius 2 is 2.06 bits per heavy atom. The molecule has 102 valence electrons. The SMILES string of the molecule is CCCCC(CC)(CN)N1CCOCC1(C)C. The van der Waals surface area contributed by atoms with E-state index in [0.29, 0.717) is 0 Å². The molecule has 1 rings (SSSR count). The number of hydrogen-bond donors (Lipinski definition) is 1. The first kappa shape index (κ1) is 14.9. The fourth-order valence-electron chi connectivity index (χ4n) is 3.10. The summed E-state index contributed by atoms with van der Waals surface area (Å²) >= 11 is 0. The molecule has 0 amide bonds. The van der Waals surface area contributed by atoms with Crippen LogP contribution in [0.5, 0.6) is 0 Å². The molecule has 2 N–H and O–H groups in total. The van der Waals surface area contributed by atoms with Crippen LogP contribution in [-0.2, 0) is 4.74 Å². The summed E-state index contributed by atoms with van der Waals surface area (Å²) in [7, 11) is 0. The number of nitrogens with zero attached hydrogens (tertiary/aromatic N) is 1. The fourth-order valence-corrected chi connectivity index (χ4v) is 3.10. The van der Waals surface area contributed by atoms with E-state index in [1.807, 2.05) is 0 Å². The van der Waals surface area contributed by atoms with Gasteiger partial charge in [0.1, 0.15) is 0 Å². The second-order valence-electron chi connectivity index (χ2n) is 5.90. The molecule has 1 atom stereocenters. The van der Waals surface area contributed by atoms with Crippen molar-refractivity contribution in [3.63, 3.8) is 0 Å². The van der Waals surface area contributed by atoms with Gasteiger partial charge in [0, 0.05) is 24.2 Å². The molecular formula is C14H30N2O. The fraction of sp³-hybridized carbons (Fsp3) is 1.00. The summed E-state index contributed by atoms with van der Waals surface area (Å²) in [6.07, 6.45) is 4.85. The number of unbranched alkanes of at least 4 members (excludes halogenated alkanes) is 1. The van der Waals surface area contributed by atoms with Crippen molar-refractivity contribution in [2.45, 2.75) is 64.5 Å². The maximum atomic E-state index is 6.13. The number of morpholine rings is 1. The summed E-state index contributed by atoms with van der Waals surface area (Å²) in [4.78, 5) is 2.61. The van der Waals surface area contributed by atoms with Crippen molar-refractivity contribution in [2.24, 2.45) is 5.73 Å². The van der Waals surface area contributed by atoms with E-state index in [1.165, 1.54) is 19.3 Å². The first-order chi connectivity index (χ1) is 8.02. The second-order valence-corrected chi connectivity index (χ2v) is 5.90. The van der Waals surface area contributed by atoms with E-state index in [9.17, 15) is 0 Å². The van der Waals surface area contributed by atoms with Gasteiger partial charge in [-0.2, -0.15) is 0 Å². The maximum absolute atomic E-state index is 6.13. The van der Waals surface area contributed by atoms with Gasteiger partial charge in [0.15, 0.2) is 0 Å². The largest absolute Gasteiger partial charge is 0.378 e. The molecule has 1 fully saturated rings. The van der Waals surface area contributed by atoms with Crippen LogP contribution in [0.15, 0.2) is 0 Å². The molecule has 0 radical (unpaired) electrons. The van der Waals surface area contributed by atoms with Gasteiger partial charge in [0.2, 0.25) is 0 Å². The van der Waals surface area contributed by atoms with Crippen molar-refractivity contribution in [3.8, 4) is 0 Å². The molecule has 0 aliphatic carbocycles. The number of hydrogen-bond acceptors (Lipinski definition) is 3. The van der Waals surface area contributed by atoms with Crippen molar-refractivity contribution < 1.29 is 4.74 Å². The van der Waals surface area contributed by atoms with Crippen LogP contribution >= 0.6 is 0 Å². The first-order valence-electron chi connectivity index (χ1n) is 7.08. The van der Waals surface area contributed by atoms with Gasteiger partial charge < -0.3 is 10.5 Å². The van der Waals surface area contributed by atoms with E-state index in [-0.39, 0.29) is 11.1 Å². The molecule has 0 aromatic heterocycles. The number of rotatable bonds is 6. The average molecular weight is 242 g/mol. The van der Waals surface area contributed by atoms with Crippen molar-refractivity contribution in [2.75, 3.05) is 26.3 Å². The molecule has 3 nitrogen and oxygen atoms in total. The van der Waals surface area contributed by atoms with Crippen molar-refractivity contribution in [1.82, 2.24) is 4.90 Å². The Hall–Kier alpha value is -0.120. The molecule has 1 heterocycles. The average Bonchev–Trinajstić information content (AvgIpc) is 2.32. The lowest BCUT2D eigenvalue weighted by Crippen LogP contribution is -2.65. The van der Waals surface area contributed by atoms with Crippen molar-refractivity contribution in [3.05, 3.63) is 0 Å². The summed E-state index contributed by atoms with van der Waals surface area (Å²) in [6, 6.07) is 0. The lowest BCUT2D eigenvalue weighted by atomic mass is 9.83. The molecule has 1 aliphatic rings. The molecular weight excluding hydrogens is 212 g/mol. The van der Waals surface area contributed by atoms with Crippen molar-refractivity contribution in [1.29, 1.82) is 0 Å². The molecule has 17 heavy (non-hydrogen) atoms. The minimum atomic E-state index is 0.112. The predicted octanol–water partition coefficient (Wildman–Crippen LogP) is 2.39. The Kier molecular flexibility index (Phi) is 5.42. The van der Waals surface area contributed by atoms with Crippen LogP contribution in [0.3, 0.4) is 0 Å². The summed E-state index contributed by atoms with van der Waals surface area (Å²) in [5, 5.41) is 0. The van der Waals surface area contributed by atoms with Crippen LogP contribution in [0, 0.1) is 0 Å². The van der Waals surface area contributed by atoms with Gasteiger partial charge in [0.25, 0.3) is 0 Å². The summed E-state index contributed by atoms with van der Waals surface area (Å²) in [6.45, 7) is 12.5. The highest BCUT2D eigenvalue weighted by molar-refractivity contribution is 4.99. The van der Waals surface area contributed by atoms with Gasteiger partial charge in [-0.25, -0.2) is 0 Å². The van der Waals surface area contributed by atoms with Crippen LogP contribution in [0.2, 0.25) is 0 Å². The summed E-state index contributed by atoms with van der Waals surface area (Å²) in [5.74, 6) is 0. The molecule has 0 aromatic carbocycles. The van der Waals surface area contributed by atoms with Gasteiger partial charge in [-0.1, -0.05) is 26.7 Å². The third-order valence-corrected chi connectivity index (χ3v) is 4.25. The van der Waals surface area contributed by atoms with E-state index in [0.717, 1.165) is 32.7 Å². The highest BCUT2D eigenvalue weighted by atomic mass is 16.5. The van der Waals surface area contributed by atoms with Crippen LogP contribution in [-0.4, -0.2) is 42.3 Å². The molecule has 0 saturated carbocycles. The van der Waals surface area contributed by atoms with Gasteiger partial charge in [-0.3, -0.25) is 4.90 Å². The number of ether oxygens (including phenoxy) is 1. The Bertz CT molecular complexity index is 224. The molecule has 1 aliphatic heterocycles. The Morgan fingerprint density at radius 1 is 1.35 bits per heavy atom. The third-order valence-electron chi connectivity index (χ3n) is 4.25. The molecule has 0 aromatic rings. The zero-order chi connectivity index (χ0) is 12.9. The minimum Gasteiger partial charge on any atom is -0.378 e. The zero-order valence-corrected chi connectivity index (χ0v) is 12.1. The van der Waals surface area contributed by atoms with Crippen LogP contribution in [0.25, 0.3) is 0 Å². The Morgan fingerprint density at radius 3 is 2.53 bits per heavy atom. The maximum Gasteiger partial charge on any atom is 0.0645 e. The Balaban J connectivity index is 2.87. The Labute approximate surface area is 107 Å². The second kappa shape index (κ2) is 6.17. The monoisotopic (exact) mass is 242 g/mol. The van der Waals surface area contributed by atoms with E-state index in [2.05, 4.69) is 32.6 Å². The highest BCUT2D eigenvalue weighted by Gasteiger charge is 2.43.